The van der Waals surface area contributed by atoms with E-state index in [4.69, 9.17) is 28.9 Å². The first-order valence-electron chi connectivity index (χ1n) is 6.09. The molecule has 120 valence electrons. The van der Waals surface area contributed by atoms with Crippen molar-refractivity contribution in [1.82, 2.24) is 20.9 Å². The Kier molecular flexibility index (Phi) is 7.40. The van der Waals surface area contributed by atoms with Gasteiger partial charge in [-0.25, -0.2) is 4.63 Å². The predicted octanol–water partition coefficient (Wildman–Crippen LogP) is -1.52. The summed E-state index contributed by atoms with van der Waals surface area (Å²) in [6, 6.07) is 5.30. The van der Waals surface area contributed by atoms with Gasteiger partial charge in [0.05, 0.1) is 0 Å². The van der Waals surface area contributed by atoms with Crippen molar-refractivity contribution in [2.45, 2.75) is 6.54 Å². The van der Waals surface area contributed by atoms with Crippen molar-refractivity contribution < 1.29 is 21.8 Å². The molecule has 0 saturated carbocycles. The Labute approximate surface area is 142 Å². The zero-order chi connectivity index (χ0) is 15.2. The van der Waals surface area contributed by atoms with Crippen molar-refractivity contribution >= 4 is 34.9 Å². The van der Waals surface area contributed by atoms with Crippen molar-refractivity contribution in [3.05, 3.63) is 39.5 Å². The highest BCUT2D eigenvalue weighted by molar-refractivity contribution is 6.35. The van der Waals surface area contributed by atoms with E-state index in [0.29, 0.717) is 29.7 Å². The molecule has 0 aliphatic heterocycles. The third-order valence-corrected chi connectivity index (χ3v) is 3.23. The number of nitrogens with one attached hydrogen (secondary N) is 2. The van der Waals surface area contributed by atoms with E-state index in [-0.39, 0.29) is 23.9 Å². The topological polar surface area (TPSA) is 106 Å². The largest absolute Gasteiger partial charge is 1.00 e. The Balaban J connectivity index is 0.00000242. The summed E-state index contributed by atoms with van der Waals surface area (Å²) in [4.78, 5) is 11.6. The monoisotopic (exact) mass is 364 g/mol. The van der Waals surface area contributed by atoms with Gasteiger partial charge in [0, 0.05) is 29.7 Å². The third kappa shape index (κ3) is 5.03. The minimum absolute atomic E-state index is 0. The maximum Gasteiger partial charge on any atom is 0.277 e. The van der Waals surface area contributed by atoms with Gasteiger partial charge in [0.15, 0.2) is 0 Å². The van der Waals surface area contributed by atoms with Gasteiger partial charge in [0.2, 0.25) is 11.5 Å². The molecule has 2 rings (SSSR count). The molecule has 4 N–H and O–H groups in total. The van der Waals surface area contributed by atoms with E-state index in [1.54, 1.807) is 12.1 Å². The molecule has 0 aliphatic carbocycles. The average Bonchev–Trinajstić information content (AvgIpc) is 2.86. The van der Waals surface area contributed by atoms with Crippen LogP contribution in [0.25, 0.3) is 0 Å². The van der Waals surface area contributed by atoms with Gasteiger partial charge < -0.3 is 28.8 Å². The highest BCUT2D eigenvalue weighted by Gasteiger charge is 2.14. The summed E-state index contributed by atoms with van der Waals surface area (Å²) >= 11 is 11.9. The Morgan fingerprint density at radius 2 is 2.05 bits per heavy atom. The molecule has 0 fully saturated rings. The lowest BCUT2D eigenvalue weighted by Crippen LogP contribution is -3.00. The number of anilines is 1. The first kappa shape index (κ1) is 18.5. The molecule has 22 heavy (non-hydrogen) atoms. The Morgan fingerprint density at radius 3 is 2.68 bits per heavy atom. The van der Waals surface area contributed by atoms with Crippen molar-refractivity contribution in [2.24, 2.45) is 0 Å². The molecule has 0 atom stereocenters. The summed E-state index contributed by atoms with van der Waals surface area (Å²) in [5.74, 6) is -0.464. The molecule has 0 radical (unpaired) electrons. The molecule has 1 aromatic carbocycles. The molecule has 0 aliphatic rings. The average molecular weight is 366 g/mol. The summed E-state index contributed by atoms with van der Waals surface area (Å²) < 4.78 is 4.35. The van der Waals surface area contributed by atoms with Crippen molar-refractivity contribution in [3.8, 4) is 0 Å². The smallest absolute Gasteiger partial charge is 0.277 e. The number of amides is 1. The number of nitrogens with two attached hydrogens (primary N) is 1. The maximum absolute atomic E-state index is 11.6. The van der Waals surface area contributed by atoms with E-state index in [9.17, 15) is 4.79 Å². The normalized spacial score (nSPS) is 10.1. The molecular formula is C12H13Cl3N5O2-. The van der Waals surface area contributed by atoms with Gasteiger partial charge in [0.25, 0.3) is 5.91 Å². The van der Waals surface area contributed by atoms with Crippen LogP contribution in [-0.4, -0.2) is 29.3 Å². The number of carbonyl (C=O) groups is 1. The molecule has 0 unspecified atom stereocenters. The van der Waals surface area contributed by atoms with E-state index in [1.807, 2.05) is 6.07 Å². The molecular weight excluding hydrogens is 353 g/mol. The summed E-state index contributed by atoms with van der Waals surface area (Å²) in [6.07, 6.45) is 0. The minimum Gasteiger partial charge on any atom is -1.00 e. The van der Waals surface area contributed by atoms with Crippen molar-refractivity contribution in [2.75, 3.05) is 18.8 Å². The first-order valence-corrected chi connectivity index (χ1v) is 6.84. The fraction of sp³-hybridized carbons (Fsp3) is 0.250. The molecule has 1 aromatic heterocycles. The number of carbonyl (C=O) groups excluding carboxylic acids is 1. The Morgan fingerprint density at radius 1 is 1.27 bits per heavy atom. The van der Waals surface area contributed by atoms with E-state index in [1.165, 1.54) is 0 Å². The SMILES string of the molecule is Nc1nonc1C(=O)NCCNCc1ccc(Cl)cc1Cl.[Cl-]. The van der Waals surface area contributed by atoms with Crippen LogP contribution >= 0.6 is 23.2 Å². The second-order valence-electron chi connectivity index (χ2n) is 4.17. The van der Waals surface area contributed by atoms with Crippen LogP contribution < -0.4 is 28.8 Å². The summed E-state index contributed by atoms with van der Waals surface area (Å²) in [7, 11) is 0. The van der Waals surface area contributed by atoms with Gasteiger partial charge in [0.1, 0.15) is 0 Å². The highest BCUT2D eigenvalue weighted by Crippen LogP contribution is 2.20. The van der Waals surface area contributed by atoms with Gasteiger partial charge in [-0.15, -0.1) is 0 Å². The lowest BCUT2D eigenvalue weighted by Gasteiger charge is -2.07. The predicted molar refractivity (Wildman–Crippen MR) is 79.2 cm³/mol. The Hall–Kier alpha value is -1.54. The lowest BCUT2D eigenvalue weighted by atomic mass is 10.2. The number of hydrogen-bond donors (Lipinski definition) is 3. The summed E-state index contributed by atoms with van der Waals surface area (Å²) in [6.45, 7) is 1.52. The standard InChI is InChI=1S/C12H13Cl2N5O2.ClH/c13-8-2-1-7(9(14)5-8)6-16-3-4-17-12(20)10-11(15)19-21-18-10;/h1-2,5,16H,3-4,6H2,(H2,15,19)(H,17,20);1H/p-1. The molecule has 1 amide bonds. The second kappa shape index (κ2) is 8.79. The molecule has 0 bridgehead atoms. The zero-order valence-electron chi connectivity index (χ0n) is 11.3. The second-order valence-corrected chi connectivity index (χ2v) is 5.01. The quantitative estimate of drug-likeness (QED) is 0.537. The van der Waals surface area contributed by atoms with Crippen molar-refractivity contribution in [3.63, 3.8) is 0 Å². The number of rotatable bonds is 6. The van der Waals surface area contributed by atoms with Crippen LogP contribution in [0.15, 0.2) is 22.8 Å². The molecule has 0 spiro atoms. The van der Waals surface area contributed by atoms with Crippen LogP contribution in [0.5, 0.6) is 0 Å². The number of halogens is 3. The number of hydrogen-bond acceptors (Lipinski definition) is 6. The summed E-state index contributed by atoms with van der Waals surface area (Å²) in [5.41, 5.74) is 6.32. The maximum atomic E-state index is 11.6. The fourth-order valence-corrected chi connectivity index (χ4v) is 2.06. The van der Waals surface area contributed by atoms with Crippen LogP contribution in [0.2, 0.25) is 10.0 Å². The van der Waals surface area contributed by atoms with E-state index in [2.05, 4.69) is 25.6 Å². The fourth-order valence-electron chi connectivity index (χ4n) is 1.59. The van der Waals surface area contributed by atoms with Crippen LogP contribution in [0.3, 0.4) is 0 Å². The Bertz CT molecular complexity index is 635. The van der Waals surface area contributed by atoms with Gasteiger partial charge in [-0.3, -0.25) is 4.79 Å². The van der Waals surface area contributed by atoms with Crippen LogP contribution in [0, 0.1) is 0 Å². The number of nitrogen functional groups attached to an aromatic ring is 1. The molecule has 10 heteroatoms. The van der Waals surface area contributed by atoms with Gasteiger partial charge >= 0.3 is 0 Å². The molecule has 1 heterocycles. The van der Waals surface area contributed by atoms with Gasteiger partial charge in [-0.2, -0.15) is 0 Å². The number of aromatic nitrogens is 2. The van der Waals surface area contributed by atoms with E-state index >= 15 is 0 Å². The zero-order valence-corrected chi connectivity index (χ0v) is 13.5. The van der Waals surface area contributed by atoms with Gasteiger partial charge in [-0.05, 0) is 28.0 Å². The minimum atomic E-state index is -0.430. The molecule has 7 nitrogen and oxygen atoms in total. The lowest BCUT2D eigenvalue weighted by molar-refractivity contribution is -0.0000131. The number of benzene rings is 1. The van der Waals surface area contributed by atoms with Crippen molar-refractivity contribution in [1.29, 1.82) is 0 Å². The molecule has 0 saturated heterocycles. The molecule has 2 aromatic rings. The van der Waals surface area contributed by atoms with Crippen LogP contribution in [-0.2, 0) is 6.54 Å². The van der Waals surface area contributed by atoms with Crippen LogP contribution in [0.1, 0.15) is 16.1 Å². The van der Waals surface area contributed by atoms with E-state index in [0.717, 1.165) is 5.56 Å². The van der Waals surface area contributed by atoms with Gasteiger partial charge in [-0.1, -0.05) is 29.3 Å². The highest BCUT2D eigenvalue weighted by atomic mass is 35.5. The third-order valence-electron chi connectivity index (χ3n) is 2.65. The van der Waals surface area contributed by atoms with E-state index < -0.39 is 5.91 Å². The number of nitrogens with zero attached hydrogens (tertiary/aromatic N) is 2. The first-order chi connectivity index (χ1) is 10.1. The summed E-state index contributed by atoms with van der Waals surface area (Å²) in [5, 5.41) is 13.7. The van der Waals surface area contributed by atoms with Crippen LogP contribution in [0.4, 0.5) is 5.82 Å².